The van der Waals surface area contributed by atoms with E-state index in [0.29, 0.717) is 6.42 Å². The van der Waals surface area contributed by atoms with Gasteiger partial charge in [0, 0.05) is 93.9 Å². The third kappa shape index (κ3) is 14.9. The number of carbonyl (C=O) groups excluding carboxylic acids is 6. The van der Waals surface area contributed by atoms with Crippen molar-refractivity contribution in [2.75, 3.05) is 47.4 Å². The molecule has 0 aromatic heterocycles. The number of hydrogen-bond donors (Lipinski definition) is 15. The van der Waals surface area contributed by atoms with Crippen LogP contribution < -0.4 is 27.0 Å². The highest BCUT2D eigenvalue weighted by Crippen LogP contribution is 2.56. The maximum absolute atomic E-state index is 14.6. The molecular formula is C65H102N6O22. The fraction of sp³-hybridized carbons (Fsp3) is 0.754. The molecule has 3 aliphatic heterocycles. The van der Waals surface area contributed by atoms with Crippen LogP contribution in [0, 0.1) is 35.5 Å². The number of methoxy groups -OCH3 is 1. The fourth-order valence-electron chi connectivity index (χ4n) is 15.4. The monoisotopic (exact) mass is 1320 g/mol. The second-order valence-electron chi connectivity index (χ2n) is 27.9. The smallest absolute Gasteiger partial charge is 0.311 e. The highest BCUT2D eigenvalue weighted by Gasteiger charge is 2.66. The summed E-state index contributed by atoms with van der Waals surface area (Å²) < 4.78 is 38.0. The molecule has 0 spiro atoms. The summed E-state index contributed by atoms with van der Waals surface area (Å²) in [6, 6.07) is 1.32. The molecule has 3 fully saturated rings. The minimum atomic E-state index is -3.02. The summed E-state index contributed by atoms with van der Waals surface area (Å²) >= 11 is 0. The number of hydrogen-bond acceptors (Lipinski definition) is 25. The Kier molecular flexibility index (Phi) is 23.6. The van der Waals surface area contributed by atoms with Crippen LogP contribution in [0.3, 0.4) is 0 Å². The van der Waals surface area contributed by atoms with Crippen LogP contribution in [0.2, 0.25) is 0 Å². The van der Waals surface area contributed by atoms with Crippen molar-refractivity contribution < 1.29 is 108 Å². The van der Waals surface area contributed by atoms with Gasteiger partial charge in [-0.25, -0.2) is 0 Å². The predicted molar refractivity (Wildman–Crippen MR) is 332 cm³/mol. The Labute approximate surface area is 542 Å². The van der Waals surface area contributed by atoms with Crippen molar-refractivity contribution in [3.63, 3.8) is 0 Å². The lowest BCUT2D eigenvalue weighted by molar-refractivity contribution is -0.318. The van der Waals surface area contributed by atoms with Gasteiger partial charge in [-0.05, 0) is 106 Å². The number of benzene rings is 1. The van der Waals surface area contributed by atoms with Crippen molar-refractivity contribution in [3.05, 3.63) is 52.0 Å². The zero-order valence-electron chi connectivity index (χ0n) is 55.9. The minimum absolute atomic E-state index is 0.00538. The Bertz CT molecular complexity index is 2980. The molecule has 93 heavy (non-hydrogen) atoms. The number of nitrogens with one attached hydrogen (secondary N) is 4. The lowest BCUT2D eigenvalue weighted by Crippen LogP contribution is -2.65. The molecule has 0 bridgehead atoms. The van der Waals surface area contributed by atoms with Gasteiger partial charge in [0.25, 0.3) is 5.91 Å². The molecule has 9 unspecified atom stereocenters. The number of fused-ring (bicyclic) bond motifs is 3. The maximum Gasteiger partial charge on any atom is 0.311 e. The normalized spacial score (nSPS) is 41.1. The van der Waals surface area contributed by atoms with Gasteiger partial charge in [-0.2, -0.15) is 0 Å². The van der Waals surface area contributed by atoms with Crippen LogP contribution in [-0.4, -0.2) is 241 Å². The molecule has 1 aromatic rings. The molecule has 3 saturated heterocycles. The topological polar surface area (TPSA) is 437 Å². The number of aliphatic hydroxyl groups is 9. The molecule has 24 atom stereocenters. The summed E-state index contributed by atoms with van der Waals surface area (Å²) in [7, 11) is 5.11. The average molecular weight is 1320 g/mol. The molecular weight excluding hydrogens is 1220 g/mol. The Balaban J connectivity index is 1.04. The molecule has 524 valence electrons. The molecule has 3 amide bonds. The van der Waals surface area contributed by atoms with Gasteiger partial charge in [0.15, 0.2) is 24.0 Å². The van der Waals surface area contributed by atoms with Gasteiger partial charge in [-0.3, -0.25) is 28.8 Å². The quantitative estimate of drug-likeness (QED) is 0.0493. The van der Waals surface area contributed by atoms with E-state index < -0.39 is 207 Å². The average Bonchev–Trinajstić information content (AvgIpc) is 0.692. The van der Waals surface area contributed by atoms with Gasteiger partial charge in [0.1, 0.15) is 46.8 Å². The third-order valence-electron chi connectivity index (χ3n) is 20.8. The van der Waals surface area contributed by atoms with Crippen molar-refractivity contribution in [1.82, 2.24) is 26.2 Å². The Morgan fingerprint density at radius 2 is 1.41 bits per heavy atom. The first-order chi connectivity index (χ1) is 43.2. The molecule has 6 aliphatic rings. The van der Waals surface area contributed by atoms with Crippen molar-refractivity contribution in [1.29, 1.82) is 0 Å². The number of cyclic esters (lactones) is 1. The summed E-state index contributed by atoms with van der Waals surface area (Å²) in [5.74, 6) is -14.8. The lowest BCUT2D eigenvalue weighted by atomic mass is 9.55. The van der Waals surface area contributed by atoms with Crippen LogP contribution in [0.1, 0.15) is 137 Å². The number of Topliss-reactive ketones (excluding diaryl/α,β-unsaturated/α-hetero) is 2. The maximum atomic E-state index is 14.6. The molecule has 28 nitrogen and oxygen atoms in total. The summed E-state index contributed by atoms with van der Waals surface area (Å²) in [5.41, 5.74) is -6.50. The van der Waals surface area contributed by atoms with Crippen molar-refractivity contribution >= 4 is 35.3 Å². The first-order valence-electron chi connectivity index (χ1n) is 32.3. The van der Waals surface area contributed by atoms with Gasteiger partial charge in [-0.15, -0.1) is 0 Å². The van der Waals surface area contributed by atoms with Gasteiger partial charge >= 0.3 is 5.97 Å². The van der Waals surface area contributed by atoms with Gasteiger partial charge in [0.05, 0.1) is 64.8 Å². The predicted octanol–water partition coefficient (Wildman–Crippen LogP) is 0.0145. The SMILES string of the molecule is CC[C@H]1OC(=O)[C@H](C)[C@@H](OC2CC(C)(OC)C(O)C(C)O2)[C@H](C)[C@@H](OC2OC(C)CC(N(C)C)C2O)[C@](C)(O)C[C@@H](C)[C@H](NCCNC(=O)CCC(=O)NCCNC2C(O)=C(C(N)=O)C(=O)[C@@]3(O)C(O)=C4C(=O)c5c(O)cccc5[C@@](C)(O)[C@H]4C[C@@H]23)[C@H](C)[C@@H](O)[C@]1(C)O. The summed E-state index contributed by atoms with van der Waals surface area (Å²) in [5, 5.41) is 130. The molecule has 3 heterocycles. The largest absolute Gasteiger partial charge is 0.510 e. The summed E-state index contributed by atoms with van der Waals surface area (Å²) in [6.07, 6.45) is -11.5. The third-order valence-corrected chi connectivity index (χ3v) is 20.8. The number of rotatable bonds is 19. The van der Waals surface area contributed by atoms with Crippen LogP contribution in [0.5, 0.6) is 5.75 Å². The fourth-order valence-corrected chi connectivity index (χ4v) is 15.4. The van der Waals surface area contributed by atoms with E-state index in [1.54, 1.807) is 48.5 Å². The van der Waals surface area contributed by atoms with Crippen LogP contribution in [-0.2, 0) is 58.0 Å². The van der Waals surface area contributed by atoms with E-state index in [1.807, 2.05) is 32.8 Å². The number of primary amides is 1. The number of ketones is 2. The van der Waals surface area contributed by atoms with E-state index in [2.05, 4.69) is 21.3 Å². The number of esters is 1. The highest BCUT2D eigenvalue weighted by atomic mass is 16.7. The lowest BCUT2D eigenvalue weighted by Gasteiger charge is -2.52. The first kappa shape index (κ1) is 75.1. The van der Waals surface area contributed by atoms with Crippen molar-refractivity contribution in [2.45, 2.75) is 229 Å². The van der Waals surface area contributed by atoms with E-state index in [9.17, 15) is 79.8 Å². The Morgan fingerprint density at radius 1 is 0.796 bits per heavy atom. The number of nitrogens with two attached hydrogens (primary N) is 1. The second-order valence-corrected chi connectivity index (χ2v) is 27.9. The molecule has 0 saturated carbocycles. The second kappa shape index (κ2) is 29.2. The van der Waals surface area contributed by atoms with Crippen molar-refractivity contribution in [3.8, 4) is 5.75 Å². The van der Waals surface area contributed by atoms with Crippen LogP contribution in [0.4, 0.5) is 0 Å². The number of likely N-dealkylation sites (N-methyl/N-ethyl adjacent to an activating group) is 1. The molecule has 7 rings (SSSR count). The highest BCUT2D eigenvalue weighted by molar-refractivity contribution is 6.25. The Morgan fingerprint density at radius 3 is 1.99 bits per heavy atom. The molecule has 1 aromatic carbocycles. The van der Waals surface area contributed by atoms with Crippen LogP contribution in [0.15, 0.2) is 40.9 Å². The van der Waals surface area contributed by atoms with Crippen molar-refractivity contribution in [2.24, 2.45) is 41.2 Å². The zero-order chi connectivity index (χ0) is 69.5. The zero-order valence-corrected chi connectivity index (χ0v) is 55.9. The van der Waals surface area contributed by atoms with Crippen LogP contribution >= 0.6 is 0 Å². The van der Waals surface area contributed by atoms with E-state index >= 15 is 0 Å². The first-order valence-corrected chi connectivity index (χ1v) is 32.3. The minimum Gasteiger partial charge on any atom is -0.510 e. The molecule has 16 N–H and O–H groups in total. The number of aromatic hydroxyl groups is 1. The van der Waals surface area contributed by atoms with E-state index in [0.717, 1.165) is 0 Å². The number of ether oxygens (including phenoxy) is 6. The number of nitrogens with zero attached hydrogens (tertiary/aromatic N) is 1. The number of phenols is 1. The number of amides is 3. The van der Waals surface area contributed by atoms with Gasteiger partial charge < -0.3 is 111 Å². The number of aliphatic hydroxyl groups excluding tert-OH is 5. The summed E-state index contributed by atoms with van der Waals surface area (Å²) in [6.45, 7) is 17.7. The summed E-state index contributed by atoms with van der Waals surface area (Å²) in [4.78, 5) is 83.4. The van der Waals surface area contributed by atoms with E-state index in [-0.39, 0.29) is 75.5 Å². The number of phenolic OH excluding ortho intramolecular Hbond substituents is 1. The standard InChI is InChI=1S/C65H102N6O22/c1-15-40-64(11,86)53(78)31(4)47(29(2)27-61(8,84)57(93-60-49(75)38(71(12)13)25-30(3)89-60)32(5)52(33(6)59(83)91-40)92-43-28-62(9,88-14)54(79)34(7)90-43)69-23-21-67-41(73)19-20-42(74)68-22-24-70-48-37-26-36-45(50(76)44-35(63(36,10)85)17-16-18-39(44)72)55(80)65(37,87)56(81)46(51(48)77)58(66)82/h16-18,29-34,36-38,40,43,47-49,52-54,57,60,69-70,72,75,77-80,84-87H,15,19-28H2,1-14H3,(H2,66,82)(H,67,73)(H,68,74)/t29-,30?,31+,32+,33-,34?,36+,37+,38?,40-,43?,47+,48?,49?,52+,53-,54?,57-,60?,61-,62?,63-,64-,65+/m1/s1. The Hall–Kier alpha value is -5.28. The molecule has 0 radical (unpaired) electrons. The molecule has 28 heteroatoms. The van der Waals surface area contributed by atoms with E-state index in [1.165, 1.54) is 39.2 Å². The van der Waals surface area contributed by atoms with Crippen LogP contribution in [0.25, 0.3) is 0 Å². The van der Waals surface area contributed by atoms with Gasteiger partial charge in [0.2, 0.25) is 17.6 Å². The molecule has 3 aliphatic carbocycles. The van der Waals surface area contributed by atoms with E-state index in [4.69, 9.17) is 34.2 Å². The number of carbonyl (C=O) groups is 6. The van der Waals surface area contributed by atoms with Gasteiger partial charge in [-0.1, -0.05) is 39.8 Å².